The first kappa shape index (κ1) is 11.1. The number of rotatable bonds is 0. The van der Waals surface area contributed by atoms with E-state index < -0.39 is 38.1 Å². The third-order valence-electron chi connectivity index (χ3n) is 1.46. The van der Waals surface area contributed by atoms with Gasteiger partial charge in [0.15, 0.2) is 11.5 Å². The Morgan fingerprint density at radius 3 is 2.12 bits per heavy atom. The van der Waals surface area contributed by atoms with Crippen molar-refractivity contribution in [3.8, 4) is 11.5 Å². The van der Waals surface area contributed by atoms with E-state index >= 15 is 0 Å². The minimum Gasteiger partial charge on any atom is -0.357 e. The van der Waals surface area contributed by atoms with Gasteiger partial charge in [0, 0.05) is 6.07 Å². The van der Waals surface area contributed by atoms with Gasteiger partial charge in [0.1, 0.15) is 5.82 Å². The average molecular weight is 270 g/mol. The molecule has 0 amide bonds. The predicted molar refractivity (Wildman–Crippen MR) is 46.6 cm³/mol. The Hall–Kier alpha value is -1.39. The SMILES string of the molecule is O=S1(=O)Oc2ccc(F)cc2OS(=O)(=O)O1. The van der Waals surface area contributed by atoms with Gasteiger partial charge in [0.2, 0.25) is 0 Å². The molecule has 1 aromatic carbocycles. The van der Waals surface area contributed by atoms with E-state index in [1.807, 2.05) is 0 Å². The first-order valence-electron chi connectivity index (χ1n) is 3.67. The first-order valence-corrected chi connectivity index (χ1v) is 6.34. The summed E-state index contributed by atoms with van der Waals surface area (Å²) in [6.45, 7) is 0. The van der Waals surface area contributed by atoms with Crippen LogP contribution in [0, 0.1) is 5.82 Å². The lowest BCUT2D eigenvalue weighted by atomic mass is 10.3. The molecule has 1 aromatic rings. The summed E-state index contributed by atoms with van der Waals surface area (Å²) in [5, 5.41) is 0. The van der Waals surface area contributed by atoms with Crippen LogP contribution < -0.4 is 8.37 Å². The van der Waals surface area contributed by atoms with Gasteiger partial charge in [0.05, 0.1) is 0 Å². The van der Waals surface area contributed by atoms with Crippen molar-refractivity contribution in [1.29, 1.82) is 0 Å². The Balaban J connectivity index is 2.65. The van der Waals surface area contributed by atoms with Gasteiger partial charge in [-0.2, -0.15) is 16.8 Å². The van der Waals surface area contributed by atoms with Crippen LogP contribution >= 0.6 is 0 Å². The molecule has 0 radical (unpaired) electrons. The van der Waals surface area contributed by atoms with Gasteiger partial charge in [-0.1, -0.05) is 3.63 Å². The molecule has 0 spiro atoms. The topological polar surface area (TPSA) is 96.0 Å². The second-order valence-corrected chi connectivity index (χ2v) is 5.15. The molecular formula is C6H3FO7S2. The Labute approximate surface area is 90.0 Å². The lowest BCUT2D eigenvalue weighted by molar-refractivity contribution is 0.372. The molecule has 10 heteroatoms. The van der Waals surface area contributed by atoms with E-state index in [2.05, 4.69) is 12.0 Å². The molecule has 88 valence electrons. The Kier molecular flexibility index (Phi) is 2.29. The molecule has 1 aliphatic rings. The predicted octanol–water partition coefficient (Wildman–Crippen LogP) is 0.103. The fourth-order valence-corrected chi connectivity index (χ4v) is 2.71. The van der Waals surface area contributed by atoms with Crippen LogP contribution in [0.15, 0.2) is 18.2 Å². The van der Waals surface area contributed by atoms with Gasteiger partial charge in [0.25, 0.3) is 0 Å². The number of halogens is 1. The standard InChI is InChI=1S/C6H3FO7S2/c7-4-1-2-5-6(3-4)13-16(10,11)14-15(8,9)12-5/h1-3H. The second-order valence-electron chi connectivity index (χ2n) is 2.64. The van der Waals surface area contributed by atoms with Gasteiger partial charge >= 0.3 is 20.8 Å². The first-order chi connectivity index (χ1) is 7.27. The van der Waals surface area contributed by atoms with Crippen LogP contribution in [0.3, 0.4) is 0 Å². The fraction of sp³-hybridized carbons (Fsp3) is 0. The molecule has 2 rings (SSSR count). The summed E-state index contributed by atoms with van der Waals surface area (Å²) in [6.07, 6.45) is 0. The summed E-state index contributed by atoms with van der Waals surface area (Å²) in [5.41, 5.74) is 0. The molecule has 1 heterocycles. The number of benzene rings is 1. The van der Waals surface area contributed by atoms with E-state index in [0.29, 0.717) is 6.07 Å². The van der Waals surface area contributed by atoms with E-state index in [1.165, 1.54) is 0 Å². The minimum absolute atomic E-state index is 0.484. The van der Waals surface area contributed by atoms with E-state index in [0.717, 1.165) is 12.1 Å². The van der Waals surface area contributed by atoms with Crippen LogP contribution in [0.25, 0.3) is 0 Å². The highest BCUT2D eigenvalue weighted by atomic mass is 32.3. The van der Waals surface area contributed by atoms with E-state index in [1.54, 1.807) is 0 Å². The Morgan fingerprint density at radius 1 is 0.938 bits per heavy atom. The third-order valence-corrected chi connectivity index (χ3v) is 3.56. The molecule has 0 fully saturated rings. The molecule has 0 N–H and O–H groups in total. The van der Waals surface area contributed by atoms with E-state index in [4.69, 9.17) is 0 Å². The largest absolute Gasteiger partial charge is 0.466 e. The van der Waals surface area contributed by atoms with Crippen molar-refractivity contribution in [2.45, 2.75) is 0 Å². The maximum Gasteiger partial charge on any atom is 0.466 e. The highest BCUT2D eigenvalue weighted by Gasteiger charge is 2.33. The Morgan fingerprint density at radius 2 is 1.50 bits per heavy atom. The number of hydrogen-bond donors (Lipinski definition) is 0. The lowest BCUT2D eigenvalue weighted by Crippen LogP contribution is -2.18. The molecule has 1 aliphatic heterocycles. The van der Waals surface area contributed by atoms with Crippen LogP contribution in [0.4, 0.5) is 4.39 Å². The maximum atomic E-state index is 12.8. The molecule has 16 heavy (non-hydrogen) atoms. The minimum atomic E-state index is -4.84. The number of hydrogen-bond acceptors (Lipinski definition) is 7. The van der Waals surface area contributed by atoms with E-state index in [9.17, 15) is 21.2 Å². The summed E-state index contributed by atoms with van der Waals surface area (Å²) in [5.74, 6) is -1.92. The van der Waals surface area contributed by atoms with Crippen LogP contribution in [0.1, 0.15) is 0 Å². The summed E-state index contributed by atoms with van der Waals surface area (Å²) < 4.78 is 68.5. The summed E-state index contributed by atoms with van der Waals surface area (Å²) in [4.78, 5) is 0. The van der Waals surface area contributed by atoms with E-state index in [-0.39, 0.29) is 0 Å². The average Bonchev–Trinajstić information content (AvgIpc) is 2.14. The zero-order valence-electron chi connectivity index (χ0n) is 7.28. The summed E-state index contributed by atoms with van der Waals surface area (Å²) in [6, 6.07) is 2.42. The van der Waals surface area contributed by atoms with Crippen molar-refractivity contribution in [1.82, 2.24) is 0 Å². The summed E-state index contributed by atoms with van der Waals surface area (Å²) >= 11 is 0. The van der Waals surface area contributed by atoms with Gasteiger partial charge < -0.3 is 8.37 Å². The zero-order chi connectivity index (χ0) is 12.0. The monoisotopic (exact) mass is 270 g/mol. The van der Waals surface area contributed by atoms with Crippen molar-refractivity contribution < 1.29 is 33.2 Å². The molecular weight excluding hydrogens is 267 g/mol. The van der Waals surface area contributed by atoms with Gasteiger partial charge in [-0.05, 0) is 12.1 Å². The smallest absolute Gasteiger partial charge is 0.357 e. The van der Waals surface area contributed by atoms with Crippen molar-refractivity contribution in [3.63, 3.8) is 0 Å². The Bertz CT molecular complexity index is 633. The molecule has 0 atom stereocenters. The molecule has 0 aliphatic carbocycles. The number of fused-ring (bicyclic) bond motifs is 1. The molecule has 7 nitrogen and oxygen atoms in total. The second kappa shape index (κ2) is 3.30. The van der Waals surface area contributed by atoms with Crippen molar-refractivity contribution in [3.05, 3.63) is 24.0 Å². The van der Waals surface area contributed by atoms with Crippen molar-refractivity contribution in [2.24, 2.45) is 0 Å². The van der Waals surface area contributed by atoms with Crippen molar-refractivity contribution >= 4 is 20.8 Å². The molecule has 0 unspecified atom stereocenters. The highest BCUT2D eigenvalue weighted by Crippen LogP contribution is 2.33. The van der Waals surface area contributed by atoms with Gasteiger partial charge in [-0.3, -0.25) is 0 Å². The van der Waals surface area contributed by atoms with Crippen LogP contribution in [0.5, 0.6) is 11.5 Å². The third kappa shape index (κ3) is 2.23. The summed E-state index contributed by atoms with van der Waals surface area (Å²) in [7, 11) is -9.63. The van der Waals surface area contributed by atoms with Crippen molar-refractivity contribution in [2.75, 3.05) is 0 Å². The van der Waals surface area contributed by atoms with Crippen LogP contribution in [-0.2, 0) is 24.4 Å². The molecule has 0 saturated carbocycles. The maximum absolute atomic E-state index is 12.8. The van der Waals surface area contributed by atoms with Crippen LogP contribution in [0.2, 0.25) is 0 Å². The lowest BCUT2D eigenvalue weighted by Gasteiger charge is -2.01. The zero-order valence-corrected chi connectivity index (χ0v) is 8.92. The quantitative estimate of drug-likeness (QED) is 0.659. The highest BCUT2D eigenvalue weighted by molar-refractivity contribution is 7.95. The molecule has 0 aromatic heterocycles. The van der Waals surface area contributed by atoms with Gasteiger partial charge in [-0.25, -0.2) is 4.39 Å². The normalized spacial score (nSPS) is 21.1. The molecule has 0 bridgehead atoms. The molecule has 0 saturated heterocycles. The van der Waals surface area contributed by atoms with Gasteiger partial charge in [-0.15, -0.1) is 0 Å². The fourth-order valence-electron chi connectivity index (χ4n) is 0.966. The van der Waals surface area contributed by atoms with Crippen LogP contribution in [-0.4, -0.2) is 16.8 Å².